The van der Waals surface area contributed by atoms with Crippen LogP contribution in [0.3, 0.4) is 0 Å². The maximum atomic E-state index is 9.24. The number of nitrogens with two attached hydrogens (primary N) is 1. The molecule has 0 saturated carbocycles. The number of hydrogen-bond donors (Lipinski definition) is 2. The highest BCUT2D eigenvalue weighted by Gasteiger charge is 2.19. The van der Waals surface area contributed by atoms with E-state index in [9.17, 15) is 5.11 Å². The van der Waals surface area contributed by atoms with E-state index in [1.54, 1.807) is 13.3 Å². The van der Waals surface area contributed by atoms with Crippen molar-refractivity contribution in [1.29, 1.82) is 0 Å². The Morgan fingerprint density at radius 3 is 2.94 bits per heavy atom. The van der Waals surface area contributed by atoms with Gasteiger partial charge >= 0.3 is 0 Å². The van der Waals surface area contributed by atoms with Crippen LogP contribution in [0.5, 0.6) is 0 Å². The third-order valence-electron chi connectivity index (χ3n) is 2.05. The molecule has 16 heavy (non-hydrogen) atoms. The van der Waals surface area contributed by atoms with Crippen molar-refractivity contribution in [2.75, 3.05) is 20.3 Å². The summed E-state index contributed by atoms with van der Waals surface area (Å²) in [6, 6.07) is 1.59. The van der Waals surface area contributed by atoms with Crippen molar-refractivity contribution in [3.63, 3.8) is 0 Å². The Hall–Kier alpha value is -0.690. The maximum absolute atomic E-state index is 9.24. The van der Waals surface area contributed by atoms with Gasteiger partial charge in [0.1, 0.15) is 0 Å². The van der Waals surface area contributed by atoms with E-state index in [-0.39, 0.29) is 17.9 Å². The molecule has 0 spiro atoms. The van der Waals surface area contributed by atoms with Gasteiger partial charge in [0.05, 0.1) is 18.5 Å². The molecule has 2 unspecified atom stereocenters. The molecular weight excluding hydrogens is 226 g/mol. The van der Waals surface area contributed by atoms with Gasteiger partial charge in [0.2, 0.25) is 0 Å². The van der Waals surface area contributed by atoms with Gasteiger partial charge in [-0.25, -0.2) is 9.97 Å². The van der Waals surface area contributed by atoms with Gasteiger partial charge in [-0.1, -0.05) is 11.8 Å². The van der Waals surface area contributed by atoms with Crippen LogP contribution >= 0.6 is 11.8 Å². The molecule has 0 aliphatic heterocycles. The van der Waals surface area contributed by atoms with Crippen molar-refractivity contribution < 1.29 is 9.84 Å². The molecule has 0 aromatic carbocycles. The van der Waals surface area contributed by atoms with Crippen LogP contribution < -0.4 is 5.73 Å². The van der Waals surface area contributed by atoms with Crippen molar-refractivity contribution in [3.05, 3.63) is 18.0 Å². The molecule has 2 atom stereocenters. The highest BCUT2D eigenvalue weighted by atomic mass is 32.2. The number of hydrogen-bond acceptors (Lipinski definition) is 6. The van der Waals surface area contributed by atoms with Crippen LogP contribution in [0.25, 0.3) is 0 Å². The number of aromatic nitrogens is 2. The highest BCUT2D eigenvalue weighted by Crippen LogP contribution is 2.21. The van der Waals surface area contributed by atoms with E-state index >= 15 is 0 Å². The highest BCUT2D eigenvalue weighted by molar-refractivity contribution is 7.99. The number of aliphatic hydroxyl groups excluding tert-OH is 1. The molecule has 90 valence electrons. The Morgan fingerprint density at radius 2 is 2.38 bits per heavy atom. The summed E-state index contributed by atoms with van der Waals surface area (Å²) in [4.78, 5) is 8.36. The van der Waals surface area contributed by atoms with E-state index in [0.717, 1.165) is 5.69 Å². The van der Waals surface area contributed by atoms with Crippen LogP contribution in [0, 0.1) is 6.92 Å². The predicted molar refractivity (Wildman–Crippen MR) is 63.4 cm³/mol. The molecule has 0 amide bonds. The number of ether oxygens (including phenoxy) is 1. The predicted octanol–water partition coefficient (Wildman–Crippen LogP) is 0.212. The van der Waals surface area contributed by atoms with Crippen LogP contribution in [0.4, 0.5) is 0 Å². The van der Waals surface area contributed by atoms with Gasteiger partial charge in [-0.05, 0) is 13.0 Å². The summed E-state index contributed by atoms with van der Waals surface area (Å²) in [6.45, 7) is 2.28. The van der Waals surface area contributed by atoms with Gasteiger partial charge in [-0.15, -0.1) is 0 Å². The minimum atomic E-state index is -0.232. The fourth-order valence-electron chi connectivity index (χ4n) is 1.18. The number of methoxy groups -OCH3 is 1. The fraction of sp³-hybridized carbons (Fsp3) is 0.600. The first kappa shape index (κ1) is 13.4. The Bertz CT molecular complexity index is 325. The van der Waals surface area contributed by atoms with Gasteiger partial charge < -0.3 is 15.6 Å². The summed E-state index contributed by atoms with van der Waals surface area (Å²) in [5.74, 6) is 0. The topological polar surface area (TPSA) is 81.3 Å². The number of aryl methyl sites for hydroxylation is 1. The average molecular weight is 243 g/mol. The molecule has 3 N–H and O–H groups in total. The summed E-state index contributed by atoms with van der Waals surface area (Å²) < 4.78 is 4.96. The first-order chi connectivity index (χ1) is 7.67. The molecule has 0 aliphatic rings. The van der Waals surface area contributed by atoms with E-state index in [2.05, 4.69) is 9.97 Å². The Balaban J connectivity index is 2.62. The molecule has 0 aliphatic carbocycles. The summed E-state index contributed by atoms with van der Waals surface area (Å²) in [7, 11) is 1.59. The normalized spacial score (nSPS) is 14.8. The van der Waals surface area contributed by atoms with Gasteiger partial charge in [0, 0.05) is 25.0 Å². The number of rotatable bonds is 6. The Labute approximate surface area is 99.4 Å². The molecule has 1 aromatic heterocycles. The standard InChI is InChI=1S/C10H17N3O2S/c1-7-3-4-12-10(13-7)16-9(5-14)8(11)6-15-2/h3-4,8-9,14H,5-6,11H2,1-2H3. The third-order valence-corrected chi connectivity index (χ3v) is 3.26. The van der Waals surface area contributed by atoms with E-state index in [1.807, 2.05) is 13.0 Å². The summed E-state index contributed by atoms with van der Waals surface area (Å²) in [5, 5.41) is 9.72. The first-order valence-electron chi connectivity index (χ1n) is 4.99. The second-order valence-electron chi connectivity index (χ2n) is 3.44. The smallest absolute Gasteiger partial charge is 0.188 e. The zero-order valence-corrected chi connectivity index (χ0v) is 10.3. The zero-order chi connectivity index (χ0) is 12.0. The Kier molecular flexibility index (Phi) is 5.68. The third kappa shape index (κ3) is 4.05. The van der Waals surface area contributed by atoms with E-state index < -0.39 is 0 Å². The van der Waals surface area contributed by atoms with E-state index in [4.69, 9.17) is 10.5 Å². The Morgan fingerprint density at radius 1 is 1.62 bits per heavy atom. The SMILES string of the molecule is COCC(N)C(CO)Sc1nccc(C)n1. The summed E-state index contributed by atoms with van der Waals surface area (Å²) in [5.41, 5.74) is 6.76. The van der Waals surface area contributed by atoms with Crippen molar-refractivity contribution in [2.45, 2.75) is 23.4 Å². The van der Waals surface area contributed by atoms with Crippen LogP contribution in [-0.2, 0) is 4.74 Å². The summed E-state index contributed by atoms with van der Waals surface area (Å²) in [6.07, 6.45) is 1.70. The molecule has 1 rings (SSSR count). The molecule has 5 nitrogen and oxygen atoms in total. The lowest BCUT2D eigenvalue weighted by Gasteiger charge is -2.19. The van der Waals surface area contributed by atoms with Crippen molar-refractivity contribution in [2.24, 2.45) is 5.73 Å². The second kappa shape index (κ2) is 6.80. The minimum Gasteiger partial charge on any atom is -0.395 e. The van der Waals surface area contributed by atoms with E-state index in [1.165, 1.54) is 11.8 Å². The van der Waals surface area contributed by atoms with Crippen molar-refractivity contribution in [3.8, 4) is 0 Å². The van der Waals surface area contributed by atoms with Crippen LogP contribution in [0.15, 0.2) is 17.4 Å². The fourth-order valence-corrected chi connectivity index (χ4v) is 2.10. The molecule has 0 fully saturated rings. The monoisotopic (exact) mass is 243 g/mol. The zero-order valence-electron chi connectivity index (χ0n) is 9.46. The lowest BCUT2D eigenvalue weighted by molar-refractivity contribution is 0.167. The average Bonchev–Trinajstić information content (AvgIpc) is 2.26. The van der Waals surface area contributed by atoms with Crippen LogP contribution in [0.1, 0.15) is 5.69 Å². The molecule has 0 saturated heterocycles. The van der Waals surface area contributed by atoms with Gasteiger partial charge in [0.25, 0.3) is 0 Å². The van der Waals surface area contributed by atoms with Gasteiger partial charge in [-0.3, -0.25) is 0 Å². The molecular formula is C10H17N3O2S. The van der Waals surface area contributed by atoms with Gasteiger partial charge in [-0.2, -0.15) is 0 Å². The minimum absolute atomic E-state index is 0.0213. The largest absolute Gasteiger partial charge is 0.395 e. The number of thioether (sulfide) groups is 1. The molecule has 1 aromatic rings. The van der Waals surface area contributed by atoms with Crippen LogP contribution in [-0.4, -0.2) is 46.7 Å². The quantitative estimate of drug-likeness (QED) is 0.549. The lowest BCUT2D eigenvalue weighted by Crippen LogP contribution is -2.38. The molecule has 6 heteroatoms. The molecule has 0 radical (unpaired) electrons. The second-order valence-corrected chi connectivity index (χ2v) is 4.65. The lowest BCUT2D eigenvalue weighted by atomic mass is 10.2. The van der Waals surface area contributed by atoms with Crippen molar-refractivity contribution >= 4 is 11.8 Å². The molecule has 1 heterocycles. The van der Waals surface area contributed by atoms with Gasteiger partial charge in [0.15, 0.2) is 5.16 Å². The maximum Gasteiger partial charge on any atom is 0.188 e. The first-order valence-corrected chi connectivity index (χ1v) is 5.87. The number of aliphatic hydroxyl groups is 1. The van der Waals surface area contributed by atoms with Crippen molar-refractivity contribution in [1.82, 2.24) is 9.97 Å². The molecule has 0 bridgehead atoms. The van der Waals surface area contributed by atoms with Crippen LogP contribution in [0.2, 0.25) is 0 Å². The number of nitrogens with zero attached hydrogens (tertiary/aromatic N) is 2. The summed E-state index contributed by atoms with van der Waals surface area (Å²) >= 11 is 1.37. The van der Waals surface area contributed by atoms with E-state index in [0.29, 0.717) is 11.8 Å².